The number of ether oxygens (including phenoxy) is 2. The van der Waals surface area contributed by atoms with Crippen LogP contribution >= 0.6 is 0 Å². The number of carbonyl (C=O) groups is 1. The van der Waals surface area contributed by atoms with Crippen LogP contribution in [-0.2, 0) is 22.4 Å². The molecule has 1 fully saturated rings. The van der Waals surface area contributed by atoms with Crippen molar-refractivity contribution in [2.75, 3.05) is 20.2 Å². The monoisotopic (exact) mass is 339 g/mol. The van der Waals surface area contributed by atoms with Crippen molar-refractivity contribution in [1.29, 1.82) is 0 Å². The molecular weight excluding hydrogens is 314 g/mol. The van der Waals surface area contributed by atoms with Gasteiger partial charge < -0.3 is 14.4 Å². The van der Waals surface area contributed by atoms with E-state index in [-0.39, 0.29) is 18.1 Å². The Labute approximate surface area is 149 Å². The predicted molar refractivity (Wildman–Crippen MR) is 97.8 cm³/mol. The van der Waals surface area contributed by atoms with Gasteiger partial charge in [0.2, 0.25) is 5.91 Å². The van der Waals surface area contributed by atoms with E-state index in [9.17, 15) is 4.79 Å². The summed E-state index contributed by atoms with van der Waals surface area (Å²) >= 11 is 0. The van der Waals surface area contributed by atoms with Gasteiger partial charge in [-0.15, -0.1) is 0 Å². The van der Waals surface area contributed by atoms with Gasteiger partial charge in [-0.2, -0.15) is 0 Å². The van der Waals surface area contributed by atoms with Gasteiger partial charge in [-0.05, 0) is 18.6 Å². The van der Waals surface area contributed by atoms with Crippen molar-refractivity contribution in [2.45, 2.75) is 32.0 Å². The molecule has 3 rings (SSSR count). The van der Waals surface area contributed by atoms with Gasteiger partial charge in [-0.1, -0.05) is 48.5 Å². The Morgan fingerprint density at radius 3 is 2.60 bits per heavy atom. The normalized spacial score (nSPS) is 20.3. The molecule has 0 radical (unpaired) electrons. The Morgan fingerprint density at radius 2 is 1.84 bits per heavy atom. The van der Waals surface area contributed by atoms with Gasteiger partial charge in [0.05, 0.1) is 25.7 Å². The zero-order valence-corrected chi connectivity index (χ0v) is 14.9. The molecule has 2 atom stereocenters. The molecule has 0 bridgehead atoms. The Morgan fingerprint density at radius 1 is 1.12 bits per heavy atom. The van der Waals surface area contributed by atoms with E-state index in [0.717, 1.165) is 17.7 Å². The van der Waals surface area contributed by atoms with Crippen molar-refractivity contribution >= 4 is 5.91 Å². The highest BCUT2D eigenvalue weighted by Gasteiger charge is 2.28. The van der Waals surface area contributed by atoms with Crippen molar-refractivity contribution in [1.82, 2.24) is 4.90 Å². The third-order valence-electron chi connectivity index (χ3n) is 4.52. The van der Waals surface area contributed by atoms with Crippen LogP contribution in [0.15, 0.2) is 54.6 Å². The first kappa shape index (κ1) is 17.5. The number of hydrogen-bond acceptors (Lipinski definition) is 3. The smallest absolute Gasteiger partial charge is 0.227 e. The van der Waals surface area contributed by atoms with Crippen LogP contribution in [0.25, 0.3) is 0 Å². The average molecular weight is 339 g/mol. The fraction of sp³-hybridized carbons (Fsp3) is 0.381. The summed E-state index contributed by atoms with van der Waals surface area (Å²) in [6, 6.07) is 18.0. The minimum absolute atomic E-state index is 0.0350. The van der Waals surface area contributed by atoms with E-state index in [0.29, 0.717) is 19.5 Å². The summed E-state index contributed by atoms with van der Waals surface area (Å²) in [6.45, 7) is 3.30. The van der Waals surface area contributed by atoms with E-state index in [1.54, 1.807) is 7.11 Å². The molecule has 0 aliphatic carbocycles. The lowest BCUT2D eigenvalue weighted by molar-refractivity contribution is -0.143. The van der Waals surface area contributed by atoms with Crippen LogP contribution < -0.4 is 4.74 Å². The third-order valence-corrected chi connectivity index (χ3v) is 4.52. The summed E-state index contributed by atoms with van der Waals surface area (Å²) in [5, 5.41) is 0. The van der Waals surface area contributed by atoms with Crippen LogP contribution in [0.5, 0.6) is 5.75 Å². The summed E-state index contributed by atoms with van der Waals surface area (Å²) in [5.41, 5.74) is 2.16. The number of carbonyl (C=O) groups excluding carboxylic acids is 1. The maximum absolute atomic E-state index is 12.8. The fourth-order valence-corrected chi connectivity index (χ4v) is 3.36. The third kappa shape index (κ3) is 4.60. The van der Waals surface area contributed by atoms with Crippen LogP contribution in [0.1, 0.15) is 18.1 Å². The highest BCUT2D eigenvalue weighted by molar-refractivity contribution is 5.79. The quantitative estimate of drug-likeness (QED) is 0.840. The molecule has 1 aliphatic heterocycles. The van der Waals surface area contributed by atoms with Crippen molar-refractivity contribution < 1.29 is 14.3 Å². The van der Waals surface area contributed by atoms with E-state index in [2.05, 4.69) is 12.1 Å². The number of nitrogens with zero attached hydrogens (tertiary/aromatic N) is 1. The largest absolute Gasteiger partial charge is 0.496 e. The molecule has 0 aromatic heterocycles. The molecule has 4 nitrogen and oxygen atoms in total. The maximum atomic E-state index is 12.8. The molecule has 2 aromatic carbocycles. The molecule has 0 N–H and O–H groups in total. The second-order valence-corrected chi connectivity index (χ2v) is 6.55. The Hall–Kier alpha value is -2.33. The molecular formula is C21H25NO3. The predicted octanol–water partition coefficient (Wildman–Crippen LogP) is 3.10. The lowest BCUT2D eigenvalue weighted by atomic mass is 10.0. The van der Waals surface area contributed by atoms with Gasteiger partial charge in [0.15, 0.2) is 0 Å². The SMILES string of the molecule is COc1ccccc1CC(=O)N1CC(C)OC(Cc2ccccc2)C1. The maximum Gasteiger partial charge on any atom is 0.227 e. The molecule has 2 aromatic rings. The van der Waals surface area contributed by atoms with Gasteiger partial charge >= 0.3 is 0 Å². The number of rotatable bonds is 5. The van der Waals surface area contributed by atoms with Crippen molar-refractivity contribution in [2.24, 2.45) is 0 Å². The fourth-order valence-electron chi connectivity index (χ4n) is 3.36. The number of benzene rings is 2. The molecule has 25 heavy (non-hydrogen) atoms. The number of hydrogen-bond donors (Lipinski definition) is 0. The molecule has 4 heteroatoms. The summed E-state index contributed by atoms with van der Waals surface area (Å²) in [5.74, 6) is 0.885. The molecule has 1 saturated heterocycles. The Balaban J connectivity index is 1.65. The highest BCUT2D eigenvalue weighted by Crippen LogP contribution is 2.21. The molecule has 2 unspecified atom stereocenters. The lowest BCUT2D eigenvalue weighted by Crippen LogP contribution is -2.50. The van der Waals surface area contributed by atoms with Gasteiger partial charge in [0.1, 0.15) is 5.75 Å². The molecule has 0 saturated carbocycles. The van der Waals surface area contributed by atoms with Crippen LogP contribution in [0.3, 0.4) is 0 Å². The second-order valence-electron chi connectivity index (χ2n) is 6.55. The van der Waals surface area contributed by atoms with Crippen LogP contribution in [0.4, 0.5) is 0 Å². The number of amides is 1. The van der Waals surface area contributed by atoms with Gasteiger partial charge in [-0.25, -0.2) is 0 Å². The van der Waals surface area contributed by atoms with Gasteiger partial charge in [-0.3, -0.25) is 4.79 Å². The standard InChI is InChI=1S/C21H25NO3/c1-16-14-22(15-19(25-16)12-17-8-4-3-5-9-17)21(23)13-18-10-6-7-11-20(18)24-2/h3-11,16,19H,12-15H2,1-2H3. The Kier molecular flexibility index (Phi) is 5.71. The van der Waals surface area contributed by atoms with Crippen molar-refractivity contribution in [3.63, 3.8) is 0 Å². The summed E-state index contributed by atoms with van der Waals surface area (Å²) in [7, 11) is 1.63. The van der Waals surface area contributed by atoms with E-state index < -0.39 is 0 Å². The number of morpholine rings is 1. The van der Waals surface area contributed by atoms with Crippen LogP contribution in [-0.4, -0.2) is 43.2 Å². The van der Waals surface area contributed by atoms with Crippen LogP contribution in [0, 0.1) is 0 Å². The highest BCUT2D eigenvalue weighted by atomic mass is 16.5. The first-order valence-corrected chi connectivity index (χ1v) is 8.74. The van der Waals surface area contributed by atoms with E-state index >= 15 is 0 Å². The molecule has 1 aliphatic rings. The topological polar surface area (TPSA) is 38.8 Å². The first-order valence-electron chi connectivity index (χ1n) is 8.74. The number of para-hydroxylation sites is 1. The molecule has 132 valence electrons. The second kappa shape index (κ2) is 8.17. The zero-order chi connectivity index (χ0) is 17.6. The Bertz CT molecular complexity index is 701. The average Bonchev–Trinajstić information content (AvgIpc) is 2.62. The molecule has 1 amide bonds. The zero-order valence-electron chi connectivity index (χ0n) is 14.9. The number of methoxy groups -OCH3 is 1. The molecule has 0 spiro atoms. The molecule has 1 heterocycles. The van der Waals surface area contributed by atoms with Gasteiger partial charge in [0, 0.05) is 25.1 Å². The first-order chi connectivity index (χ1) is 12.2. The van der Waals surface area contributed by atoms with E-state index in [1.165, 1.54) is 5.56 Å². The van der Waals surface area contributed by atoms with E-state index in [4.69, 9.17) is 9.47 Å². The van der Waals surface area contributed by atoms with Crippen LogP contribution in [0.2, 0.25) is 0 Å². The van der Waals surface area contributed by atoms with E-state index in [1.807, 2.05) is 54.3 Å². The van der Waals surface area contributed by atoms with Crippen molar-refractivity contribution in [3.8, 4) is 5.75 Å². The van der Waals surface area contributed by atoms with Gasteiger partial charge in [0.25, 0.3) is 0 Å². The minimum Gasteiger partial charge on any atom is -0.496 e. The minimum atomic E-state index is 0.0350. The summed E-state index contributed by atoms with van der Waals surface area (Å²) in [6.07, 6.45) is 1.26. The summed E-state index contributed by atoms with van der Waals surface area (Å²) < 4.78 is 11.4. The summed E-state index contributed by atoms with van der Waals surface area (Å²) in [4.78, 5) is 14.7. The lowest BCUT2D eigenvalue weighted by Gasteiger charge is -2.37. The van der Waals surface area contributed by atoms with Crippen molar-refractivity contribution in [3.05, 3.63) is 65.7 Å².